The monoisotopic (exact) mass is 260 g/mol. The molecule has 19 heavy (non-hydrogen) atoms. The first-order valence-electron chi connectivity index (χ1n) is 7.09. The summed E-state index contributed by atoms with van der Waals surface area (Å²) in [5.41, 5.74) is 1.28. The van der Waals surface area contributed by atoms with E-state index in [9.17, 15) is 9.90 Å². The van der Waals surface area contributed by atoms with Crippen molar-refractivity contribution in [1.29, 1.82) is 0 Å². The van der Waals surface area contributed by atoms with Gasteiger partial charge in [-0.1, -0.05) is 24.1 Å². The minimum absolute atomic E-state index is 0.677. The van der Waals surface area contributed by atoms with Crippen LogP contribution in [0.3, 0.4) is 0 Å². The van der Waals surface area contributed by atoms with Crippen molar-refractivity contribution in [2.45, 2.75) is 44.4 Å². The molecule has 3 nitrogen and oxygen atoms in total. The van der Waals surface area contributed by atoms with Crippen LogP contribution in [0, 0.1) is 12.8 Å². The van der Waals surface area contributed by atoms with E-state index in [2.05, 4.69) is 0 Å². The quantitative estimate of drug-likeness (QED) is 0.883. The fourth-order valence-corrected chi connectivity index (χ4v) is 2.76. The van der Waals surface area contributed by atoms with Crippen LogP contribution in [0.25, 0.3) is 0 Å². The summed E-state index contributed by atoms with van der Waals surface area (Å²) in [6.45, 7) is 2.73. The maximum absolute atomic E-state index is 11.7. The molecular formula is C16H20O3. The van der Waals surface area contributed by atoms with Gasteiger partial charge in [-0.15, -0.1) is 0 Å². The normalized spacial score (nSPS) is 20.7. The Balaban J connectivity index is 1.92. The zero-order valence-electron chi connectivity index (χ0n) is 11.3. The number of hydrogen-bond acceptors (Lipinski definition) is 2. The summed E-state index contributed by atoms with van der Waals surface area (Å²) in [5, 5.41) is 9.59. The van der Waals surface area contributed by atoms with Gasteiger partial charge in [0.05, 0.1) is 12.0 Å². The second kappa shape index (κ2) is 4.55. The van der Waals surface area contributed by atoms with Gasteiger partial charge in [0, 0.05) is 5.56 Å². The van der Waals surface area contributed by atoms with Crippen molar-refractivity contribution in [3.8, 4) is 5.75 Å². The van der Waals surface area contributed by atoms with E-state index in [1.807, 2.05) is 25.1 Å². The standard InChI is InChI=1S/C16H20O3/c1-11-3-6-14(19-10-12-4-5-12)13(9-11)16(15(17)18)7-2-8-16/h3,6,9,12H,2,4-5,7-8,10H2,1H3,(H,17,18). The lowest BCUT2D eigenvalue weighted by atomic mass is 9.64. The number of aryl methyl sites for hydroxylation is 1. The summed E-state index contributed by atoms with van der Waals surface area (Å²) in [6.07, 6.45) is 4.93. The highest BCUT2D eigenvalue weighted by molar-refractivity contribution is 5.83. The van der Waals surface area contributed by atoms with Crippen LogP contribution in [0.4, 0.5) is 0 Å². The van der Waals surface area contributed by atoms with Crippen molar-refractivity contribution in [3.05, 3.63) is 29.3 Å². The zero-order chi connectivity index (χ0) is 13.5. The molecule has 1 N–H and O–H groups in total. The number of ether oxygens (including phenoxy) is 1. The third-order valence-corrected chi connectivity index (χ3v) is 4.44. The molecule has 0 heterocycles. The lowest BCUT2D eigenvalue weighted by molar-refractivity contribution is -0.147. The van der Waals surface area contributed by atoms with Crippen molar-refractivity contribution < 1.29 is 14.6 Å². The number of carboxylic acids is 1. The molecule has 0 aromatic heterocycles. The van der Waals surface area contributed by atoms with E-state index in [1.165, 1.54) is 12.8 Å². The summed E-state index contributed by atoms with van der Waals surface area (Å²) in [4.78, 5) is 11.7. The predicted octanol–water partition coefficient (Wildman–Crippen LogP) is 3.29. The molecule has 0 atom stereocenters. The van der Waals surface area contributed by atoms with E-state index < -0.39 is 11.4 Å². The Morgan fingerprint density at radius 1 is 1.42 bits per heavy atom. The summed E-state index contributed by atoms with van der Waals surface area (Å²) < 4.78 is 5.88. The molecule has 2 aliphatic rings. The van der Waals surface area contributed by atoms with Gasteiger partial charge in [0.2, 0.25) is 0 Å². The molecule has 2 aliphatic carbocycles. The van der Waals surface area contributed by atoms with Crippen LogP contribution in [0.1, 0.15) is 43.2 Å². The van der Waals surface area contributed by atoms with E-state index >= 15 is 0 Å². The van der Waals surface area contributed by atoms with Crippen LogP contribution >= 0.6 is 0 Å². The van der Waals surface area contributed by atoms with Crippen molar-refractivity contribution >= 4 is 5.97 Å². The van der Waals surface area contributed by atoms with Gasteiger partial charge in [0.1, 0.15) is 5.75 Å². The molecule has 1 aromatic carbocycles. The predicted molar refractivity (Wildman–Crippen MR) is 72.6 cm³/mol. The number of hydrogen-bond donors (Lipinski definition) is 1. The number of aliphatic carboxylic acids is 1. The minimum Gasteiger partial charge on any atom is -0.493 e. The smallest absolute Gasteiger partial charge is 0.314 e. The molecule has 102 valence electrons. The maximum Gasteiger partial charge on any atom is 0.314 e. The summed E-state index contributed by atoms with van der Waals surface area (Å²) in [5.74, 6) is 0.747. The van der Waals surface area contributed by atoms with Crippen LogP contribution < -0.4 is 4.74 Å². The number of benzene rings is 1. The number of rotatable bonds is 5. The molecule has 0 amide bonds. The highest BCUT2D eigenvalue weighted by atomic mass is 16.5. The molecule has 0 saturated heterocycles. The van der Waals surface area contributed by atoms with E-state index in [1.54, 1.807) is 0 Å². The first-order valence-corrected chi connectivity index (χ1v) is 7.09. The highest BCUT2D eigenvalue weighted by Gasteiger charge is 2.47. The van der Waals surface area contributed by atoms with Crippen LogP contribution in [0.15, 0.2) is 18.2 Å². The summed E-state index contributed by atoms with van der Waals surface area (Å²) >= 11 is 0. The van der Waals surface area contributed by atoms with Crippen molar-refractivity contribution in [2.75, 3.05) is 6.61 Å². The Labute approximate surface area is 113 Å². The molecule has 0 unspecified atom stereocenters. The first kappa shape index (κ1) is 12.5. The van der Waals surface area contributed by atoms with Crippen LogP contribution in [-0.2, 0) is 10.2 Å². The van der Waals surface area contributed by atoms with Crippen molar-refractivity contribution in [2.24, 2.45) is 5.92 Å². The van der Waals surface area contributed by atoms with Gasteiger partial charge < -0.3 is 9.84 Å². The Kier molecular flexibility index (Phi) is 3.00. The van der Waals surface area contributed by atoms with Gasteiger partial charge in [-0.2, -0.15) is 0 Å². The molecular weight excluding hydrogens is 240 g/mol. The molecule has 0 spiro atoms. The van der Waals surface area contributed by atoms with E-state index in [0.29, 0.717) is 5.92 Å². The maximum atomic E-state index is 11.7. The molecule has 2 fully saturated rings. The zero-order valence-corrected chi connectivity index (χ0v) is 11.3. The number of carbonyl (C=O) groups is 1. The summed E-state index contributed by atoms with van der Waals surface area (Å²) in [6, 6.07) is 5.94. The Morgan fingerprint density at radius 3 is 2.68 bits per heavy atom. The van der Waals surface area contributed by atoms with Gasteiger partial charge in [-0.25, -0.2) is 0 Å². The third kappa shape index (κ3) is 2.22. The molecule has 1 aromatic rings. The van der Waals surface area contributed by atoms with Crippen LogP contribution in [0.5, 0.6) is 5.75 Å². The second-order valence-corrected chi connectivity index (χ2v) is 5.99. The molecule has 3 heteroatoms. The van der Waals surface area contributed by atoms with Gasteiger partial charge in [-0.3, -0.25) is 4.79 Å². The van der Waals surface area contributed by atoms with Gasteiger partial charge in [0.15, 0.2) is 0 Å². The fraction of sp³-hybridized carbons (Fsp3) is 0.562. The third-order valence-electron chi connectivity index (χ3n) is 4.44. The average molecular weight is 260 g/mol. The first-order chi connectivity index (χ1) is 9.12. The van der Waals surface area contributed by atoms with Crippen LogP contribution in [0.2, 0.25) is 0 Å². The molecule has 0 aliphatic heterocycles. The van der Waals surface area contributed by atoms with Gasteiger partial charge >= 0.3 is 5.97 Å². The van der Waals surface area contributed by atoms with Crippen molar-refractivity contribution in [1.82, 2.24) is 0 Å². The molecule has 3 rings (SSSR count). The second-order valence-electron chi connectivity index (χ2n) is 5.99. The van der Waals surface area contributed by atoms with Crippen LogP contribution in [-0.4, -0.2) is 17.7 Å². The largest absolute Gasteiger partial charge is 0.493 e. The average Bonchev–Trinajstić information content (AvgIpc) is 3.10. The Hall–Kier alpha value is -1.51. The van der Waals surface area contributed by atoms with E-state index in [0.717, 1.165) is 42.7 Å². The lowest BCUT2D eigenvalue weighted by Crippen LogP contribution is -2.42. The topological polar surface area (TPSA) is 46.5 Å². The van der Waals surface area contributed by atoms with Crippen molar-refractivity contribution in [3.63, 3.8) is 0 Å². The fourth-order valence-electron chi connectivity index (χ4n) is 2.76. The molecule has 2 saturated carbocycles. The Morgan fingerprint density at radius 2 is 2.16 bits per heavy atom. The molecule has 0 radical (unpaired) electrons. The SMILES string of the molecule is Cc1ccc(OCC2CC2)c(C2(C(=O)O)CCC2)c1. The minimum atomic E-state index is -0.708. The molecule has 0 bridgehead atoms. The highest BCUT2D eigenvalue weighted by Crippen LogP contribution is 2.48. The summed E-state index contributed by atoms with van der Waals surface area (Å²) in [7, 11) is 0. The lowest BCUT2D eigenvalue weighted by Gasteiger charge is -2.39. The van der Waals surface area contributed by atoms with Gasteiger partial charge in [-0.05, 0) is 44.6 Å². The van der Waals surface area contributed by atoms with Gasteiger partial charge in [0.25, 0.3) is 0 Å². The van der Waals surface area contributed by atoms with E-state index in [-0.39, 0.29) is 0 Å². The van der Waals surface area contributed by atoms with E-state index in [4.69, 9.17) is 4.74 Å². The number of carboxylic acid groups (broad SMARTS) is 1. The Bertz CT molecular complexity index is 499.